The highest BCUT2D eigenvalue weighted by atomic mass is 19.1. The lowest BCUT2D eigenvalue weighted by Gasteiger charge is -2.16. The van der Waals surface area contributed by atoms with Crippen molar-refractivity contribution in [2.45, 2.75) is 19.3 Å². The Balaban J connectivity index is 1.67. The van der Waals surface area contributed by atoms with Gasteiger partial charge in [0, 0.05) is 11.4 Å². The van der Waals surface area contributed by atoms with Gasteiger partial charge in [-0.2, -0.15) is 0 Å². The summed E-state index contributed by atoms with van der Waals surface area (Å²) in [6.45, 7) is 0. The Morgan fingerprint density at radius 3 is 2.33 bits per heavy atom. The lowest BCUT2D eigenvalue weighted by molar-refractivity contribution is -0.133. The summed E-state index contributed by atoms with van der Waals surface area (Å²) in [5.74, 6) is -1.77. The van der Waals surface area contributed by atoms with Gasteiger partial charge in [-0.25, -0.2) is 8.78 Å². The van der Waals surface area contributed by atoms with Gasteiger partial charge < -0.3 is 10.6 Å². The van der Waals surface area contributed by atoms with Crippen molar-refractivity contribution in [3.63, 3.8) is 0 Å². The molecule has 2 aliphatic carbocycles. The number of carbonyl (C=O) groups excluding carboxylic acids is 2. The molecule has 0 heterocycles. The maximum absolute atomic E-state index is 13.4. The summed E-state index contributed by atoms with van der Waals surface area (Å²) in [5.41, 5.74) is -0.396. The zero-order valence-electron chi connectivity index (χ0n) is 12.8. The Labute approximate surface area is 137 Å². The van der Waals surface area contributed by atoms with Crippen LogP contribution in [0.25, 0.3) is 0 Å². The van der Waals surface area contributed by atoms with Gasteiger partial charge in [0.2, 0.25) is 11.8 Å². The Morgan fingerprint density at radius 1 is 1.00 bits per heavy atom. The van der Waals surface area contributed by atoms with Crippen molar-refractivity contribution in [2.24, 2.45) is 5.41 Å². The number of allylic oxidation sites excluding steroid dienone is 5. The molecule has 24 heavy (non-hydrogen) atoms. The summed E-state index contributed by atoms with van der Waals surface area (Å²) >= 11 is 0. The fourth-order valence-corrected chi connectivity index (χ4v) is 2.44. The number of carbonyl (C=O) groups is 2. The first-order valence-electron chi connectivity index (χ1n) is 7.62. The first-order chi connectivity index (χ1) is 11.5. The van der Waals surface area contributed by atoms with E-state index in [4.69, 9.17) is 0 Å². The summed E-state index contributed by atoms with van der Waals surface area (Å²) in [5, 5.41) is 5.24. The van der Waals surface area contributed by atoms with Crippen LogP contribution in [0.15, 0.2) is 60.1 Å². The largest absolute Gasteiger partial charge is 0.325 e. The van der Waals surface area contributed by atoms with E-state index in [1.807, 2.05) is 0 Å². The fraction of sp³-hybridized carbons (Fsp3) is 0.222. The zero-order chi connectivity index (χ0) is 17.2. The summed E-state index contributed by atoms with van der Waals surface area (Å²) in [7, 11) is 0. The molecule has 3 rings (SSSR count). The number of hydrogen-bond donors (Lipinski definition) is 2. The summed E-state index contributed by atoms with van der Waals surface area (Å²) in [4.78, 5) is 24.9. The number of benzene rings is 1. The van der Waals surface area contributed by atoms with Gasteiger partial charge in [-0.15, -0.1) is 0 Å². The first-order valence-corrected chi connectivity index (χ1v) is 7.62. The van der Waals surface area contributed by atoms with Gasteiger partial charge in [0.25, 0.3) is 0 Å². The molecule has 1 saturated carbocycles. The second-order valence-electron chi connectivity index (χ2n) is 5.82. The van der Waals surface area contributed by atoms with Crippen LogP contribution in [-0.4, -0.2) is 11.8 Å². The van der Waals surface area contributed by atoms with Crippen LogP contribution in [0.1, 0.15) is 19.3 Å². The minimum Gasteiger partial charge on any atom is -0.325 e. The molecule has 0 atom stereocenters. The third-order valence-corrected chi connectivity index (χ3v) is 4.02. The molecule has 0 saturated heterocycles. The van der Waals surface area contributed by atoms with Crippen LogP contribution in [0.2, 0.25) is 0 Å². The third kappa shape index (κ3) is 3.42. The second kappa shape index (κ2) is 6.39. The average Bonchev–Trinajstić information content (AvgIpc) is 3.36. The van der Waals surface area contributed by atoms with Crippen LogP contribution < -0.4 is 10.6 Å². The monoisotopic (exact) mass is 330 g/mol. The van der Waals surface area contributed by atoms with Gasteiger partial charge in [0.05, 0.1) is 0 Å². The van der Waals surface area contributed by atoms with Crippen LogP contribution >= 0.6 is 0 Å². The molecule has 2 N–H and O–H groups in total. The number of hydrogen-bond acceptors (Lipinski definition) is 2. The quantitative estimate of drug-likeness (QED) is 0.832. The first kappa shape index (κ1) is 16.1. The van der Waals surface area contributed by atoms with E-state index < -0.39 is 28.9 Å². The molecule has 0 aromatic heterocycles. The van der Waals surface area contributed by atoms with Crippen molar-refractivity contribution in [2.75, 3.05) is 5.32 Å². The molecule has 124 valence electrons. The van der Waals surface area contributed by atoms with Gasteiger partial charge in [0.15, 0.2) is 0 Å². The van der Waals surface area contributed by atoms with Crippen molar-refractivity contribution >= 4 is 17.5 Å². The molecule has 0 radical (unpaired) electrons. The van der Waals surface area contributed by atoms with Crippen LogP contribution in [-0.2, 0) is 9.59 Å². The summed E-state index contributed by atoms with van der Waals surface area (Å²) in [6.07, 6.45) is 7.19. The smallest absolute Gasteiger partial charge is 0.240 e. The maximum Gasteiger partial charge on any atom is 0.240 e. The third-order valence-electron chi connectivity index (χ3n) is 4.02. The van der Waals surface area contributed by atoms with Crippen LogP contribution in [0.4, 0.5) is 14.5 Å². The van der Waals surface area contributed by atoms with Gasteiger partial charge in [-0.1, -0.05) is 12.2 Å². The highest BCUT2D eigenvalue weighted by Crippen LogP contribution is 2.47. The van der Waals surface area contributed by atoms with E-state index in [0.717, 1.165) is 0 Å². The molecule has 6 heteroatoms. The Hall–Kier alpha value is -2.76. The standard InChI is InChI=1S/C18H16F2N2O2/c19-12-5-7-14(8-6-12)21-16(23)18(9-10-18)17(24)22-15-4-2-1-3-13(20)11-15/h1,3-8,11H,2,9-10H2,(H,21,23)(H,22,24). The molecule has 0 spiro atoms. The van der Waals surface area contributed by atoms with Crippen LogP contribution in [0.5, 0.6) is 0 Å². The lowest BCUT2D eigenvalue weighted by Crippen LogP contribution is -2.39. The van der Waals surface area contributed by atoms with Crippen molar-refractivity contribution in [3.05, 3.63) is 65.9 Å². The maximum atomic E-state index is 13.4. The van der Waals surface area contributed by atoms with E-state index in [-0.39, 0.29) is 0 Å². The number of nitrogens with one attached hydrogen (secondary N) is 2. The number of halogens is 2. The Kier molecular flexibility index (Phi) is 4.29. The number of amides is 2. The van der Waals surface area contributed by atoms with Gasteiger partial charge in [0.1, 0.15) is 17.1 Å². The van der Waals surface area contributed by atoms with E-state index in [1.165, 1.54) is 36.4 Å². The van der Waals surface area contributed by atoms with Gasteiger partial charge >= 0.3 is 0 Å². The highest BCUT2D eigenvalue weighted by Gasteiger charge is 2.56. The number of anilines is 1. The molecule has 1 fully saturated rings. The highest BCUT2D eigenvalue weighted by molar-refractivity contribution is 6.13. The van der Waals surface area contributed by atoms with E-state index in [0.29, 0.717) is 30.6 Å². The van der Waals surface area contributed by atoms with E-state index >= 15 is 0 Å². The zero-order valence-corrected chi connectivity index (χ0v) is 12.8. The molecule has 2 aliphatic rings. The molecule has 2 amide bonds. The SMILES string of the molecule is O=C(NC1=CCC=CC(F)=C1)C1(C(=O)Nc2ccc(F)cc2)CC1. The molecule has 1 aromatic rings. The Morgan fingerprint density at radius 2 is 1.67 bits per heavy atom. The second-order valence-corrected chi connectivity index (χ2v) is 5.82. The van der Waals surface area contributed by atoms with Gasteiger partial charge in [-0.3, -0.25) is 9.59 Å². The molecular weight excluding hydrogens is 314 g/mol. The van der Waals surface area contributed by atoms with Gasteiger partial charge in [-0.05, 0) is 55.7 Å². The minimum atomic E-state index is -1.15. The van der Waals surface area contributed by atoms with Crippen molar-refractivity contribution in [1.29, 1.82) is 0 Å². The summed E-state index contributed by atoms with van der Waals surface area (Å²) in [6, 6.07) is 5.32. The van der Waals surface area contributed by atoms with E-state index in [2.05, 4.69) is 10.6 Å². The molecular formula is C18H16F2N2O2. The topological polar surface area (TPSA) is 58.2 Å². The summed E-state index contributed by atoms with van der Waals surface area (Å²) < 4.78 is 26.3. The number of rotatable bonds is 4. The Bertz CT molecular complexity index is 760. The molecule has 0 aliphatic heterocycles. The van der Waals surface area contributed by atoms with Crippen molar-refractivity contribution < 1.29 is 18.4 Å². The average molecular weight is 330 g/mol. The molecule has 1 aromatic carbocycles. The molecule has 4 nitrogen and oxygen atoms in total. The van der Waals surface area contributed by atoms with Crippen molar-refractivity contribution in [3.8, 4) is 0 Å². The van der Waals surface area contributed by atoms with E-state index in [9.17, 15) is 18.4 Å². The van der Waals surface area contributed by atoms with E-state index in [1.54, 1.807) is 12.2 Å². The lowest BCUT2D eigenvalue weighted by atomic mass is 10.0. The minimum absolute atomic E-state index is 0.336. The van der Waals surface area contributed by atoms with Crippen molar-refractivity contribution in [1.82, 2.24) is 5.32 Å². The predicted octanol–water partition coefficient (Wildman–Crippen LogP) is 3.36. The van der Waals surface area contributed by atoms with Crippen LogP contribution in [0.3, 0.4) is 0 Å². The fourth-order valence-electron chi connectivity index (χ4n) is 2.44. The molecule has 0 bridgehead atoms. The molecule has 0 unspecified atom stereocenters. The predicted molar refractivity (Wildman–Crippen MR) is 85.9 cm³/mol. The normalized spacial score (nSPS) is 18.1. The van der Waals surface area contributed by atoms with Crippen LogP contribution in [0, 0.1) is 11.2 Å².